The van der Waals surface area contributed by atoms with Gasteiger partial charge in [-0.2, -0.15) is 5.10 Å². The molecule has 1 aliphatic rings. The quantitative estimate of drug-likeness (QED) is 0.877. The molecule has 0 spiro atoms. The molecular weight excluding hydrogens is 290 g/mol. The number of nitrogens with zero attached hydrogens (tertiary/aromatic N) is 2. The molecule has 0 aliphatic heterocycles. The molecule has 0 radical (unpaired) electrons. The van der Waals surface area contributed by atoms with Crippen molar-refractivity contribution in [3.05, 3.63) is 28.4 Å². The highest BCUT2D eigenvalue weighted by Gasteiger charge is 2.29. The standard InChI is InChI=1S/C14H18BrN3/c1-18-12-9-10(5-6-11(12)13(15)17-18)14(16)7-3-2-4-8-14/h5-6,9H,2-4,7-8,16H2,1H3. The molecular formula is C14H18BrN3. The minimum atomic E-state index is -0.136. The summed E-state index contributed by atoms with van der Waals surface area (Å²) >= 11 is 3.49. The van der Waals surface area contributed by atoms with Crippen molar-refractivity contribution < 1.29 is 0 Å². The number of rotatable bonds is 1. The van der Waals surface area contributed by atoms with Crippen molar-refractivity contribution in [2.24, 2.45) is 12.8 Å². The van der Waals surface area contributed by atoms with Gasteiger partial charge in [0.05, 0.1) is 5.52 Å². The minimum absolute atomic E-state index is 0.136. The molecule has 4 heteroatoms. The maximum absolute atomic E-state index is 6.59. The van der Waals surface area contributed by atoms with Gasteiger partial charge in [0.2, 0.25) is 0 Å². The first-order valence-corrected chi connectivity index (χ1v) is 7.31. The van der Waals surface area contributed by atoms with Crippen LogP contribution in [0.5, 0.6) is 0 Å². The summed E-state index contributed by atoms with van der Waals surface area (Å²) in [6.45, 7) is 0. The highest BCUT2D eigenvalue weighted by atomic mass is 79.9. The summed E-state index contributed by atoms with van der Waals surface area (Å²) < 4.78 is 2.82. The van der Waals surface area contributed by atoms with Crippen LogP contribution in [0.25, 0.3) is 10.9 Å². The summed E-state index contributed by atoms with van der Waals surface area (Å²) in [6.07, 6.45) is 5.99. The van der Waals surface area contributed by atoms with Gasteiger partial charge in [0.25, 0.3) is 0 Å². The van der Waals surface area contributed by atoms with Crippen LogP contribution in [0.15, 0.2) is 22.8 Å². The molecule has 0 amide bonds. The number of fused-ring (bicyclic) bond motifs is 1. The summed E-state index contributed by atoms with van der Waals surface area (Å²) in [5, 5.41) is 5.55. The Balaban J connectivity index is 2.10. The van der Waals surface area contributed by atoms with Crippen LogP contribution in [0, 0.1) is 0 Å². The van der Waals surface area contributed by atoms with Gasteiger partial charge in [-0.05, 0) is 46.5 Å². The first-order chi connectivity index (χ1) is 8.60. The number of hydrogen-bond acceptors (Lipinski definition) is 2. The fourth-order valence-electron chi connectivity index (χ4n) is 2.99. The zero-order valence-electron chi connectivity index (χ0n) is 10.6. The number of halogens is 1. The molecule has 1 aliphatic carbocycles. The minimum Gasteiger partial charge on any atom is -0.321 e. The average Bonchev–Trinajstić information content (AvgIpc) is 2.66. The van der Waals surface area contributed by atoms with Crippen LogP contribution in [-0.4, -0.2) is 9.78 Å². The van der Waals surface area contributed by atoms with E-state index in [0.29, 0.717) is 0 Å². The molecule has 96 valence electrons. The van der Waals surface area contributed by atoms with Crippen molar-refractivity contribution in [3.63, 3.8) is 0 Å². The normalized spacial score (nSPS) is 19.3. The van der Waals surface area contributed by atoms with E-state index in [1.165, 1.54) is 24.8 Å². The monoisotopic (exact) mass is 307 g/mol. The molecule has 3 nitrogen and oxygen atoms in total. The van der Waals surface area contributed by atoms with Crippen molar-refractivity contribution >= 4 is 26.8 Å². The Labute approximate surface area is 115 Å². The molecule has 2 N–H and O–H groups in total. The van der Waals surface area contributed by atoms with Crippen LogP contribution in [0.3, 0.4) is 0 Å². The third-order valence-electron chi connectivity index (χ3n) is 4.13. The summed E-state index contributed by atoms with van der Waals surface area (Å²) in [5.41, 5.74) is 8.85. The highest BCUT2D eigenvalue weighted by molar-refractivity contribution is 9.10. The maximum atomic E-state index is 6.59. The van der Waals surface area contributed by atoms with E-state index in [1.54, 1.807) is 0 Å². The number of hydrogen-bond donors (Lipinski definition) is 1. The second kappa shape index (κ2) is 4.35. The van der Waals surface area contributed by atoms with Crippen molar-refractivity contribution in [2.45, 2.75) is 37.6 Å². The van der Waals surface area contributed by atoms with E-state index in [9.17, 15) is 0 Å². The van der Waals surface area contributed by atoms with Gasteiger partial charge in [0.1, 0.15) is 4.60 Å². The molecule has 1 heterocycles. The molecule has 0 atom stereocenters. The maximum Gasteiger partial charge on any atom is 0.135 e. The largest absolute Gasteiger partial charge is 0.321 e. The molecule has 2 aromatic rings. The molecule has 1 aromatic heterocycles. The van der Waals surface area contributed by atoms with E-state index >= 15 is 0 Å². The highest BCUT2D eigenvalue weighted by Crippen LogP contribution is 2.36. The Bertz CT molecular complexity index is 582. The number of aromatic nitrogens is 2. The third-order valence-corrected chi connectivity index (χ3v) is 4.71. The van der Waals surface area contributed by atoms with Crippen molar-refractivity contribution in [1.29, 1.82) is 0 Å². The van der Waals surface area contributed by atoms with E-state index in [0.717, 1.165) is 28.3 Å². The fraction of sp³-hybridized carbons (Fsp3) is 0.500. The van der Waals surface area contributed by atoms with Crippen LogP contribution < -0.4 is 5.73 Å². The van der Waals surface area contributed by atoms with Crippen molar-refractivity contribution in [3.8, 4) is 0 Å². The predicted octanol–water partition coefficient (Wildman–Crippen LogP) is 3.45. The molecule has 18 heavy (non-hydrogen) atoms. The average molecular weight is 308 g/mol. The Morgan fingerprint density at radius 1 is 1.28 bits per heavy atom. The Hall–Kier alpha value is -0.870. The van der Waals surface area contributed by atoms with Crippen LogP contribution in [0.1, 0.15) is 37.7 Å². The van der Waals surface area contributed by atoms with Crippen LogP contribution in [-0.2, 0) is 12.6 Å². The van der Waals surface area contributed by atoms with Crippen LogP contribution in [0.4, 0.5) is 0 Å². The summed E-state index contributed by atoms with van der Waals surface area (Å²) in [5.74, 6) is 0. The van der Waals surface area contributed by atoms with Gasteiger partial charge in [-0.25, -0.2) is 0 Å². The van der Waals surface area contributed by atoms with Gasteiger partial charge < -0.3 is 5.73 Å². The lowest BCUT2D eigenvalue weighted by atomic mass is 9.77. The lowest BCUT2D eigenvalue weighted by Crippen LogP contribution is -2.38. The van der Waals surface area contributed by atoms with Crippen LogP contribution in [0.2, 0.25) is 0 Å². The summed E-state index contributed by atoms with van der Waals surface area (Å²) in [7, 11) is 1.97. The van der Waals surface area contributed by atoms with Crippen molar-refractivity contribution in [1.82, 2.24) is 9.78 Å². The van der Waals surface area contributed by atoms with Gasteiger partial charge in [0.15, 0.2) is 0 Å². The van der Waals surface area contributed by atoms with E-state index in [1.807, 2.05) is 11.7 Å². The van der Waals surface area contributed by atoms with E-state index in [4.69, 9.17) is 5.73 Å². The Kier molecular flexibility index (Phi) is 2.94. The molecule has 0 bridgehead atoms. The first kappa shape index (κ1) is 12.2. The molecule has 1 fully saturated rings. The Morgan fingerprint density at radius 2 is 2.00 bits per heavy atom. The van der Waals surface area contributed by atoms with Crippen molar-refractivity contribution in [2.75, 3.05) is 0 Å². The number of benzene rings is 1. The topological polar surface area (TPSA) is 43.8 Å². The zero-order chi connectivity index (χ0) is 12.8. The van der Waals surface area contributed by atoms with E-state index < -0.39 is 0 Å². The van der Waals surface area contributed by atoms with Gasteiger partial charge in [-0.15, -0.1) is 0 Å². The van der Waals surface area contributed by atoms with Gasteiger partial charge >= 0.3 is 0 Å². The summed E-state index contributed by atoms with van der Waals surface area (Å²) in [6, 6.07) is 6.50. The van der Waals surface area contributed by atoms with Gasteiger partial charge in [0, 0.05) is 18.0 Å². The molecule has 3 rings (SSSR count). The summed E-state index contributed by atoms with van der Waals surface area (Å²) in [4.78, 5) is 0. The number of aryl methyl sites for hydroxylation is 1. The third kappa shape index (κ3) is 1.88. The zero-order valence-corrected chi connectivity index (χ0v) is 12.2. The van der Waals surface area contributed by atoms with E-state index in [-0.39, 0.29) is 5.54 Å². The SMILES string of the molecule is Cn1nc(Br)c2ccc(C3(N)CCCCC3)cc21. The lowest BCUT2D eigenvalue weighted by molar-refractivity contribution is 0.302. The molecule has 1 saturated carbocycles. The fourth-order valence-corrected chi connectivity index (χ4v) is 3.57. The van der Waals surface area contributed by atoms with Gasteiger partial charge in [-0.1, -0.05) is 25.3 Å². The second-order valence-electron chi connectivity index (χ2n) is 5.36. The smallest absolute Gasteiger partial charge is 0.135 e. The first-order valence-electron chi connectivity index (χ1n) is 6.52. The Morgan fingerprint density at radius 3 is 2.72 bits per heavy atom. The van der Waals surface area contributed by atoms with E-state index in [2.05, 4.69) is 39.2 Å². The van der Waals surface area contributed by atoms with Gasteiger partial charge in [-0.3, -0.25) is 4.68 Å². The molecule has 0 unspecified atom stereocenters. The molecule has 1 aromatic carbocycles. The predicted molar refractivity (Wildman–Crippen MR) is 77.4 cm³/mol. The number of nitrogens with two attached hydrogens (primary N) is 1. The lowest BCUT2D eigenvalue weighted by Gasteiger charge is -2.34. The molecule has 0 saturated heterocycles. The second-order valence-corrected chi connectivity index (χ2v) is 6.11. The van der Waals surface area contributed by atoms with Crippen LogP contribution >= 0.6 is 15.9 Å².